The molecule has 0 bridgehead atoms. The van der Waals surface area contributed by atoms with Crippen LogP contribution >= 0.6 is 15.9 Å². The third-order valence-electron chi connectivity index (χ3n) is 4.98. The normalized spacial score (nSPS) is 17.2. The predicted octanol–water partition coefficient (Wildman–Crippen LogP) is 1.39. The molecule has 1 aliphatic rings. The van der Waals surface area contributed by atoms with Crippen molar-refractivity contribution in [1.82, 2.24) is 0 Å². The minimum Gasteiger partial charge on any atom is -1.00 e. The smallest absolute Gasteiger partial charge is 0.137 e. The first-order valence-electron chi connectivity index (χ1n) is 9.11. The molecule has 0 amide bonds. The van der Waals surface area contributed by atoms with Crippen LogP contribution in [0.1, 0.15) is 24.8 Å². The number of rotatable bonds is 7. The number of likely N-dealkylation sites (tertiary alicyclic amines) is 1. The number of aliphatic hydroxyl groups excluding tert-OH is 1. The van der Waals surface area contributed by atoms with Crippen molar-refractivity contribution in [2.75, 3.05) is 26.2 Å². The Morgan fingerprint density at radius 2 is 1.62 bits per heavy atom. The summed E-state index contributed by atoms with van der Waals surface area (Å²) in [7, 11) is 0. The second kappa shape index (κ2) is 10.3. The molecule has 1 saturated heterocycles. The zero-order valence-corrected chi connectivity index (χ0v) is 17.3. The summed E-state index contributed by atoms with van der Waals surface area (Å²) in [5, 5.41) is 10.6. The summed E-state index contributed by atoms with van der Waals surface area (Å²) in [5.41, 5.74) is 1.35. The topological polar surface area (TPSA) is 29.5 Å². The van der Waals surface area contributed by atoms with Gasteiger partial charge in [0.15, 0.2) is 0 Å². The molecule has 1 N–H and O–H groups in total. The van der Waals surface area contributed by atoms with Gasteiger partial charge in [-0.05, 0) is 43.5 Å². The Hall–Kier alpha value is -1.07. The first-order valence-corrected chi connectivity index (χ1v) is 9.90. The van der Waals surface area contributed by atoms with Crippen molar-refractivity contribution >= 4 is 15.9 Å². The highest BCUT2D eigenvalue weighted by molar-refractivity contribution is 9.10. The Morgan fingerprint density at radius 1 is 0.962 bits per heavy atom. The summed E-state index contributed by atoms with van der Waals surface area (Å²) in [6, 6.07) is 18.4. The highest BCUT2D eigenvalue weighted by Crippen LogP contribution is 2.24. The molecule has 0 spiro atoms. The van der Waals surface area contributed by atoms with Gasteiger partial charge in [-0.2, -0.15) is 0 Å². The Bertz CT molecular complexity index is 645. The molecule has 0 aliphatic carbocycles. The molecule has 26 heavy (non-hydrogen) atoms. The molecule has 1 atom stereocenters. The van der Waals surface area contributed by atoms with E-state index >= 15 is 0 Å². The van der Waals surface area contributed by atoms with E-state index in [1.807, 2.05) is 24.3 Å². The predicted molar refractivity (Wildman–Crippen MR) is 105 cm³/mol. The lowest BCUT2D eigenvalue weighted by Gasteiger charge is -2.42. The Balaban J connectivity index is 0.00000243. The van der Waals surface area contributed by atoms with Crippen LogP contribution < -0.4 is 17.1 Å². The van der Waals surface area contributed by atoms with Gasteiger partial charge in [0.2, 0.25) is 0 Å². The number of hydrogen-bond donors (Lipinski definition) is 1. The first-order chi connectivity index (χ1) is 12.2. The van der Waals surface area contributed by atoms with Crippen molar-refractivity contribution in [3.63, 3.8) is 0 Å². The lowest BCUT2D eigenvalue weighted by atomic mass is 10.0. The summed E-state index contributed by atoms with van der Waals surface area (Å²) < 4.78 is 7.77. The van der Waals surface area contributed by atoms with Crippen molar-refractivity contribution in [3.8, 4) is 5.75 Å². The van der Waals surface area contributed by atoms with Gasteiger partial charge in [-0.3, -0.25) is 0 Å². The van der Waals surface area contributed by atoms with E-state index < -0.39 is 6.10 Å². The molecule has 5 heteroatoms. The number of quaternary nitrogens is 1. The first kappa shape index (κ1) is 21.2. The fourth-order valence-corrected chi connectivity index (χ4v) is 4.05. The van der Waals surface area contributed by atoms with Crippen molar-refractivity contribution in [1.29, 1.82) is 0 Å². The molecule has 1 unspecified atom stereocenters. The van der Waals surface area contributed by atoms with Gasteiger partial charge >= 0.3 is 0 Å². The molecule has 2 aromatic carbocycles. The van der Waals surface area contributed by atoms with Gasteiger partial charge in [-0.15, -0.1) is 0 Å². The number of hydrogen-bond acceptors (Lipinski definition) is 2. The maximum absolute atomic E-state index is 10.6. The van der Waals surface area contributed by atoms with E-state index in [1.165, 1.54) is 24.8 Å². The minimum atomic E-state index is -0.453. The van der Waals surface area contributed by atoms with Crippen LogP contribution in [0.25, 0.3) is 0 Å². The lowest BCUT2D eigenvalue weighted by Crippen LogP contribution is -3.00. The van der Waals surface area contributed by atoms with Crippen LogP contribution in [0.3, 0.4) is 0 Å². The summed E-state index contributed by atoms with van der Waals surface area (Å²) in [5.74, 6) is 0.801. The Morgan fingerprint density at radius 3 is 2.27 bits per heavy atom. The average molecular weight is 441 g/mol. The van der Waals surface area contributed by atoms with Crippen molar-refractivity contribution in [2.24, 2.45) is 0 Å². The molecule has 0 radical (unpaired) electrons. The number of ether oxygens (including phenoxy) is 1. The summed E-state index contributed by atoms with van der Waals surface area (Å²) in [4.78, 5) is 0. The van der Waals surface area contributed by atoms with Crippen molar-refractivity contribution in [2.45, 2.75) is 31.9 Å². The molecule has 0 aromatic heterocycles. The van der Waals surface area contributed by atoms with E-state index in [2.05, 4.69) is 46.3 Å². The van der Waals surface area contributed by atoms with E-state index in [4.69, 9.17) is 4.74 Å². The maximum atomic E-state index is 10.6. The molecule has 1 aliphatic heterocycles. The quantitative estimate of drug-likeness (QED) is 0.660. The Labute approximate surface area is 171 Å². The molecular weight excluding hydrogens is 414 g/mol. The monoisotopic (exact) mass is 439 g/mol. The van der Waals surface area contributed by atoms with E-state index in [1.54, 1.807) is 0 Å². The zero-order valence-electron chi connectivity index (χ0n) is 15.0. The van der Waals surface area contributed by atoms with Crippen LogP contribution in [0.2, 0.25) is 0 Å². The van der Waals surface area contributed by atoms with Crippen LogP contribution in [0.4, 0.5) is 0 Å². The Kier molecular flexibility index (Phi) is 8.42. The highest BCUT2D eigenvalue weighted by atomic mass is 79.9. The average Bonchev–Trinajstić information content (AvgIpc) is 2.63. The molecular formula is C21H27BrClNO2. The van der Waals surface area contributed by atoms with Crippen LogP contribution in [0.15, 0.2) is 59.1 Å². The standard InChI is InChI=1S/C21H27BrNO2.ClH/c22-19-9-11-21(12-10-19)25-17-20(24)16-23(13-5-2-6-14-23)15-18-7-3-1-4-8-18;/h1,3-4,7-12,20,24H,2,5-6,13-17H2;1H/q+1;/p-1. The van der Waals surface area contributed by atoms with Crippen LogP contribution in [0, 0.1) is 0 Å². The van der Waals surface area contributed by atoms with E-state index in [-0.39, 0.29) is 12.4 Å². The van der Waals surface area contributed by atoms with Gasteiger partial charge in [0.25, 0.3) is 0 Å². The van der Waals surface area contributed by atoms with Gasteiger partial charge in [0.05, 0.1) is 13.1 Å². The third-order valence-corrected chi connectivity index (χ3v) is 5.51. The third kappa shape index (κ3) is 6.27. The number of nitrogens with zero attached hydrogens (tertiary/aromatic N) is 1. The van der Waals surface area contributed by atoms with Crippen LogP contribution in [0.5, 0.6) is 5.75 Å². The lowest BCUT2D eigenvalue weighted by molar-refractivity contribution is -0.947. The summed E-state index contributed by atoms with van der Waals surface area (Å²) >= 11 is 3.42. The second-order valence-electron chi connectivity index (χ2n) is 7.09. The molecule has 1 fully saturated rings. The molecule has 3 rings (SSSR count). The fourth-order valence-electron chi connectivity index (χ4n) is 3.78. The SMILES string of the molecule is OC(COc1ccc(Br)cc1)C[N+]1(Cc2ccccc2)CCCCC1.[Cl-]. The van der Waals surface area contributed by atoms with E-state index in [0.717, 1.165) is 40.9 Å². The molecule has 2 aromatic rings. The van der Waals surface area contributed by atoms with Gasteiger partial charge < -0.3 is 26.7 Å². The fraction of sp³-hybridized carbons (Fsp3) is 0.429. The van der Waals surface area contributed by atoms with Crippen molar-refractivity contribution in [3.05, 3.63) is 64.6 Å². The van der Waals surface area contributed by atoms with Gasteiger partial charge in [0, 0.05) is 10.0 Å². The molecule has 142 valence electrons. The number of piperidine rings is 1. The van der Waals surface area contributed by atoms with E-state index in [9.17, 15) is 5.11 Å². The molecule has 0 saturated carbocycles. The largest absolute Gasteiger partial charge is 1.00 e. The van der Waals surface area contributed by atoms with Gasteiger partial charge in [-0.25, -0.2) is 0 Å². The number of aliphatic hydroxyl groups is 1. The highest BCUT2D eigenvalue weighted by Gasteiger charge is 2.32. The summed E-state index contributed by atoms with van der Waals surface area (Å²) in [6.07, 6.45) is 3.34. The van der Waals surface area contributed by atoms with Gasteiger partial charge in [0.1, 0.15) is 31.5 Å². The number of halogens is 2. The second-order valence-corrected chi connectivity index (χ2v) is 8.01. The molecule has 3 nitrogen and oxygen atoms in total. The van der Waals surface area contributed by atoms with Gasteiger partial charge in [-0.1, -0.05) is 46.3 Å². The van der Waals surface area contributed by atoms with E-state index in [0.29, 0.717) is 6.61 Å². The van der Waals surface area contributed by atoms with Crippen LogP contribution in [-0.2, 0) is 6.54 Å². The summed E-state index contributed by atoms with van der Waals surface area (Å²) in [6.45, 7) is 4.38. The molecule has 1 heterocycles. The number of benzene rings is 2. The minimum absolute atomic E-state index is 0. The maximum Gasteiger partial charge on any atom is 0.137 e. The van der Waals surface area contributed by atoms with Crippen molar-refractivity contribution < 1.29 is 26.7 Å². The van der Waals surface area contributed by atoms with Crippen LogP contribution in [-0.4, -0.2) is 41.9 Å². The zero-order chi connectivity index (χ0) is 17.5.